The standard InChI is InChI=1S/C26H36O5/c1-17(2)11-9-12-19(5)15-16-28-24-23(29-18(3)4)22-20(30-25(24)27)13-10-14-21(22)31-26(6,7)8/h10-11,13-15,18H,9,12,16H2,1-8H3. The lowest BCUT2D eigenvalue weighted by Gasteiger charge is -2.23. The van der Waals surface area contributed by atoms with Crippen LogP contribution in [-0.2, 0) is 0 Å². The summed E-state index contributed by atoms with van der Waals surface area (Å²) in [5.41, 5.74) is 1.92. The van der Waals surface area contributed by atoms with Crippen molar-refractivity contribution in [3.8, 4) is 17.2 Å². The number of hydrogen-bond acceptors (Lipinski definition) is 5. The molecule has 0 aliphatic carbocycles. The molecule has 0 N–H and O–H groups in total. The van der Waals surface area contributed by atoms with Gasteiger partial charge < -0.3 is 18.6 Å². The van der Waals surface area contributed by atoms with Crippen molar-refractivity contribution in [2.24, 2.45) is 0 Å². The van der Waals surface area contributed by atoms with Gasteiger partial charge in [0.25, 0.3) is 0 Å². The minimum atomic E-state index is -0.563. The molecule has 0 radical (unpaired) electrons. The van der Waals surface area contributed by atoms with Crippen molar-refractivity contribution in [3.63, 3.8) is 0 Å². The van der Waals surface area contributed by atoms with Crippen molar-refractivity contribution < 1.29 is 18.6 Å². The molecule has 0 saturated carbocycles. The quantitative estimate of drug-likeness (QED) is 0.324. The Morgan fingerprint density at radius 2 is 1.81 bits per heavy atom. The highest BCUT2D eigenvalue weighted by Gasteiger charge is 2.24. The molecule has 1 aromatic carbocycles. The van der Waals surface area contributed by atoms with Gasteiger partial charge in [0, 0.05) is 0 Å². The van der Waals surface area contributed by atoms with E-state index >= 15 is 0 Å². The van der Waals surface area contributed by atoms with Crippen LogP contribution in [0.15, 0.2) is 50.7 Å². The molecule has 2 aromatic rings. The minimum absolute atomic E-state index is 0.0690. The molecule has 0 fully saturated rings. The van der Waals surface area contributed by atoms with Crippen LogP contribution in [0.25, 0.3) is 11.0 Å². The normalized spacial score (nSPS) is 12.2. The van der Waals surface area contributed by atoms with Crippen LogP contribution in [0, 0.1) is 0 Å². The molecule has 5 nitrogen and oxygen atoms in total. The first-order valence-corrected chi connectivity index (χ1v) is 10.8. The Kier molecular flexibility index (Phi) is 8.37. The van der Waals surface area contributed by atoms with Gasteiger partial charge in [-0.2, -0.15) is 0 Å². The number of ether oxygens (including phenoxy) is 3. The highest BCUT2D eigenvalue weighted by Crippen LogP contribution is 2.40. The lowest BCUT2D eigenvalue weighted by atomic mass is 10.1. The number of allylic oxidation sites excluding steroid dienone is 3. The zero-order chi connectivity index (χ0) is 23.2. The highest BCUT2D eigenvalue weighted by molar-refractivity contribution is 5.91. The molecule has 0 aliphatic heterocycles. The van der Waals surface area contributed by atoms with E-state index in [-0.39, 0.29) is 18.5 Å². The molecule has 0 unspecified atom stereocenters. The zero-order valence-corrected chi connectivity index (χ0v) is 20.1. The average Bonchev–Trinajstić information content (AvgIpc) is 2.61. The Hall–Kier alpha value is -2.69. The van der Waals surface area contributed by atoms with Crippen molar-refractivity contribution in [3.05, 3.63) is 51.9 Å². The SMILES string of the molecule is CC(C)=CCCC(C)=CCOc1c(OC(C)C)c2c(OC(C)(C)C)cccc2oc1=O. The summed E-state index contributed by atoms with van der Waals surface area (Å²) in [4.78, 5) is 12.7. The Morgan fingerprint density at radius 3 is 2.42 bits per heavy atom. The fourth-order valence-electron chi connectivity index (χ4n) is 3.02. The Morgan fingerprint density at radius 1 is 1.10 bits per heavy atom. The first kappa shape index (κ1) is 24.6. The number of benzene rings is 1. The number of fused-ring (bicyclic) bond motifs is 1. The summed E-state index contributed by atoms with van der Waals surface area (Å²) in [6.07, 6.45) is 5.97. The predicted octanol–water partition coefficient (Wildman–Crippen LogP) is 6.83. The second kappa shape index (κ2) is 10.6. The second-order valence-corrected chi connectivity index (χ2v) is 9.24. The Bertz CT molecular complexity index is 999. The Labute approximate surface area is 185 Å². The first-order valence-electron chi connectivity index (χ1n) is 10.8. The van der Waals surface area contributed by atoms with Gasteiger partial charge in [-0.3, -0.25) is 0 Å². The minimum Gasteiger partial charge on any atom is -0.487 e. The van der Waals surface area contributed by atoms with Gasteiger partial charge in [-0.1, -0.05) is 23.3 Å². The van der Waals surface area contributed by atoms with Gasteiger partial charge in [0.2, 0.25) is 5.75 Å². The predicted molar refractivity (Wildman–Crippen MR) is 127 cm³/mol. The maximum atomic E-state index is 12.7. The largest absolute Gasteiger partial charge is 0.487 e. The molecule has 0 spiro atoms. The molecule has 0 saturated heterocycles. The van der Waals surface area contributed by atoms with Crippen LogP contribution in [-0.4, -0.2) is 18.3 Å². The van der Waals surface area contributed by atoms with Gasteiger partial charge in [0.1, 0.15) is 28.9 Å². The molecule has 0 bridgehead atoms. The average molecular weight is 429 g/mol. The third-order valence-corrected chi connectivity index (χ3v) is 4.33. The van der Waals surface area contributed by atoms with Crippen molar-refractivity contribution >= 4 is 11.0 Å². The molecule has 2 rings (SSSR count). The lowest BCUT2D eigenvalue weighted by molar-refractivity contribution is 0.132. The third kappa shape index (κ3) is 7.50. The van der Waals surface area contributed by atoms with Gasteiger partial charge >= 0.3 is 5.63 Å². The van der Waals surface area contributed by atoms with Crippen molar-refractivity contribution in [1.29, 1.82) is 0 Å². The van der Waals surface area contributed by atoms with Crippen LogP contribution in [0.4, 0.5) is 0 Å². The molecule has 170 valence electrons. The van der Waals surface area contributed by atoms with Crippen molar-refractivity contribution in [1.82, 2.24) is 0 Å². The summed E-state index contributed by atoms with van der Waals surface area (Å²) in [5.74, 6) is 1.01. The lowest BCUT2D eigenvalue weighted by Crippen LogP contribution is -2.23. The fraction of sp³-hybridized carbons (Fsp3) is 0.500. The number of hydrogen-bond donors (Lipinski definition) is 0. The summed E-state index contributed by atoms with van der Waals surface area (Å²) in [6, 6.07) is 5.37. The van der Waals surface area contributed by atoms with E-state index in [1.54, 1.807) is 12.1 Å². The molecule has 0 atom stereocenters. The zero-order valence-electron chi connectivity index (χ0n) is 20.1. The maximum Gasteiger partial charge on any atom is 0.383 e. The maximum absolute atomic E-state index is 12.7. The summed E-state index contributed by atoms with van der Waals surface area (Å²) in [6.45, 7) is 16.2. The molecule has 5 heteroatoms. The van der Waals surface area contributed by atoms with E-state index in [9.17, 15) is 4.79 Å². The van der Waals surface area contributed by atoms with Crippen molar-refractivity contribution in [2.45, 2.75) is 79.9 Å². The topological polar surface area (TPSA) is 57.9 Å². The molecule has 0 amide bonds. The van der Waals surface area contributed by atoms with Crippen LogP contribution >= 0.6 is 0 Å². The van der Waals surface area contributed by atoms with Crippen LogP contribution in [0.1, 0.15) is 68.2 Å². The number of rotatable bonds is 9. The van der Waals surface area contributed by atoms with Crippen LogP contribution in [0.3, 0.4) is 0 Å². The van der Waals surface area contributed by atoms with E-state index in [4.69, 9.17) is 18.6 Å². The van der Waals surface area contributed by atoms with E-state index in [0.29, 0.717) is 22.5 Å². The highest BCUT2D eigenvalue weighted by atomic mass is 16.5. The van der Waals surface area contributed by atoms with Gasteiger partial charge in [0.05, 0.1) is 6.10 Å². The smallest absolute Gasteiger partial charge is 0.383 e. The monoisotopic (exact) mass is 428 g/mol. The third-order valence-electron chi connectivity index (χ3n) is 4.33. The van der Waals surface area contributed by atoms with E-state index in [1.807, 2.05) is 46.8 Å². The molecule has 1 heterocycles. The van der Waals surface area contributed by atoms with Gasteiger partial charge in [-0.05, 0) is 86.4 Å². The fourth-order valence-corrected chi connectivity index (χ4v) is 3.02. The van der Waals surface area contributed by atoms with Crippen molar-refractivity contribution in [2.75, 3.05) is 6.61 Å². The Balaban J connectivity index is 2.43. The second-order valence-electron chi connectivity index (χ2n) is 9.24. The van der Waals surface area contributed by atoms with E-state index in [2.05, 4.69) is 26.8 Å². The van der Waals surface area contributed by atoms with E-state index in [0.717, 1.165) is 12.8 Å². The van der Waals surface area contributed by atoms with Crippen LogP contribution in [0.2, 0.25) is 0 Å². The molecule has 0 aliphatic rings. The van der Waals surface area contributed by atoms with Gasteiger partial charge in [0.15, 0.2) is 5.75 Å². The summed E-state index contributed by atoms with van der Waals surface area (Å²) in [5, 5.41) is 0.602. The summed E-state index contributed by atoms with van der Waals surface area (Å²) >= 11 is 0. The molecular formula is C26H36O5. The molecule has 1 aromatic heterocycles. The van der Waals surface area contributed by atoms with Crippen LogP contribution < -0.4 is 19.8 Å². The van der Waals surface area contributed by atoms with E-state index in [1.165, 1.54) is 11.1 Å². The van der Waals surface area contributed by atoms with Gasteiger partial charge in [-0.15, -0.1) is 0 Å². The molecule has 31 heavy (non-hydrogen) atoms. The summed E-state index contributed by atoms with van der Waals surface area (Å²) < 4.78 is 23.6. The van der Waals surface area contributed by atoms with E-state index < -0.39 is 11.2 Å². The summed E-state index contributed by atoms with van der Waals surface area (Å²) in [7, 11) is 0. The molecular weight excluding hydrogens is 392 g/mol. The first-order chi connectivity index (χ1) is 14.5. The van der Waals surface area contributed by atoms with Crippen LogP contribution in [0.5, 0.6) is 17.2 Å². The van der Waals surface area contributed by atoms with Gasteiger partial charge in [-0.25, -0.2) is 4.79 Å².